The minimum atomic E-state index is -0.389. The van der Waals surface area contributed by atoms with E-state index in [1.807, 2.05) is 25.1 Å². The molecule has 0 aromatic heterocycles. The Kier molecular flexibility index (Phi) is 4.23. The van der Waals surface area contributed by atoms with E-state index in [-0.39, 0.29) is 11.5 Å². The van der Waals surface area contributed by atoms with Gasteiger partial charge in [-0.3, -0.25) is 0 Å². The first-order valence-electron chi connectivity index (χ1n) is 6.15. The van der Waals surface area contributed by atoms with Crippen molar-refractivity contribution in [1.82, 2.24) is 0 Å². The van der Waals surface area contributed by atoms with Gasteiger partial charge >= 0.3 is 0 Å². The largest absolute Gasteiger partial charge is 0.490 e. The van der Waals surface area contributed by atoms with Crippen LogP contribution in [0.5, 0.6) is 17.2 Å². The van der Waals surface area contributed by atoms with Gasteiger partial charge in [0.1, 0.15) is 5.82 Å². The Morgan fingerprint density at radius 2 is 1.79 bits per heavy atom. The molecule has 2 rings (SSSR count). The number of ether oxygens (including phenoxy) is 2. The molecule has 0 fully saturated rings. The zero-order chi connectivity index (χ0) is 13.7. The standard InChI is InChI=1S/C15H16FNO2/c1-2-9-18-14-5-3-4-6-15(14)19-13-8-7-11(16)10-12(13)17/h3-8,10H,2,9,17H2,1H3. The lowest BCUT2D eigenvalue weighted by Crippen LogP contribution is -1.98. The van der Waals surface area contributed by atoms with Crippen LogP contribution in [0, 0.1) is 5.82 Å². The van der Waals surface area contributed by atoms with Crippen molar-refractivity contribution in [3.8, 4) is 17.2 Å². The number of anilines is 1. The maximum absolute atomic E-state index is 13.0. The first-order chi connectivity index (χ1) is 9.20. The quantitative estimate of drug-likeness (QED) is 0.828. The Balaban J connectivity index is 2.22. The smallest absolute Gasteiger partial charge is 0.169 e. The van der Waals surface area contributed by atoms with Crippen molar-refractivity contribution in [3.05, 3.63) is 48.3 Å². The van der Waals surface area contributed by atoms with Crippen LogP contribution in [0.2, 0.25) is 0 Å². The lowest BCUT2D eigenvalue weighted by molar-refractivity contribution is 0.302. The number of hydrogen-bond acceptors (Lipinski definition) is 3. The van der Waals surface area contributed by atoms with Gasteiger partial charge in [0.05, 0.1) is 12.3 Å². The van der Waals surface area contributed by atoms with Gasteiger partial charge in [-0.2, -0.15) is 0 Å². The lowest BCUT2D eigenvalue weighted by Gasteiger charge is -2.13. The van der Waals surface area contributed by atoms with Gasteiger partial charge in [-0.15, -0.1) is 0 Å². The van der Waals surface area contributed by atoms with E-state index in [9.17, 15) is 4.39 Å². The molecular weight excluding hydrogens is 245 g/mol. The Hall–Kier alpha value is -2.23. The van der Waals surface area contributed by atoms with E-state index in [0.717, 1.165) is 6.42 Å². The van der Waals surface area contributed by atoms with E-state index in [4.69, 9.17) is 15.2 Å². The minimum absolute atomic E-state index is 0.255. The molecule has 0 spiro atoms. The number of para-hydroxylation sites is 2. The molecule has 0 aliphatic heterocycles. The van der Waals surface area contributed by atoms with Crippen molar-refractivity contribution < 1.29 is 13.9 Å². The normalized spacial score (nSPS) is 10.2. The highest BCUT2D eigenvalue weighted by Gasteiger charge is 2.08. The number of nitrogens with two attached hydrogens (primary N) is 1. The fourth-order valence-corrected chi connectivity index (χ4v) is 1.60. The van der Waals surface area contributed by atoms with E-state index in [1.165, 1.54) is 18.2 Å². The van der Waals surface area contributed by atoms with E-state index >= 15 is 0 Å². The Morgan fingerprint density at radius 1 is 1.05 bits per heavy atom. The summed E-state index contributed by atoms with van der Waals surface area (Å²) in [6.07, 6.45) is 0.910. The lowest BCUT2D eigenvalue weighted by atomic mass is 10.3. The molecule has 0 saturated heterocycles. The average Bonchev–Trinajstić information content (AvgIpc) is 2.41. The molecule has 3 nitrogen and oxygen atoms in total. The fraction of sp³-hybridized carbons (Fsp3) is 0.200. The minimum Gasteiger partial charge on any atom is -0.490 e. The van der Waals surface area contributed by atoms with Gasteiger partial charge < -0.3 is 15.2 Å². The second-order valence-electron chi connectivity index (χ2n) is 4.08. The number of rotatable bonds is 5. The Morgan fingerprint density at radius 3 is 2.47 bits per heavy atom. The molecule has 2 N–H and O–H groups in total. The zero-order valence-corrected chi connectivity index (χ0v) is 10.7. The summed E-state index contributed by atoms with van der Waals surface area (Å²) >= 11 is 0. The molecule has 100 valence electrons. The van der Waals surface area contributed by atoms with Crippen LogP contribution in [0.1, 0.15) is 13.3 Å². The summed E-state index contributed by atoms with van der Waals surface area (Å²) in [5.74, 6) is 1.23. The van der Waals surface area contributed by atoms with Crippen LogP contribution < -0.4 is 15.2 Å². The third-order valence-electron chi connectivity index (χ3n) is 2.50. The topological polar surface area (TPSA) is 44.5 Å². The van der Waals surface area contributed by atoms with Gasteiger partial charge in [0.2, 0.25) is 0 Å². The summed E-state index contributed by atoms with van der Waals surface area (Å²) in [4.78, 5) is 0. The van der Waals surface area contributed by atoms with Crippen LogP contribution in [0.15, 0.2) is 42.5 Å². The molecule has 0 radical (unpaired) electrons. The molecule has 19 heavy (non-hydrogen) atoms. The zero-order valence-electron chi connectivity index (χ0n) is 10.7. The molecular formula is C15H16FNO2. The first kappa shape index (κ1) is 13.2. The molecule has 4 heteroatoms. The molecule has 0 heterocycles. The molecule has 0 unspecified atom stereocenters. The molecule has 2 aromatic rings. The highest BCUT2D eigenvalue weighted by atomic mass is 19.1. The maximum Gasteiger partial charge on any atom is 0.169 e. The van der Waals surface area contributed by atoms with Crippen molar-refractivity contribution in [3.63, 3.8) is 0 Å². The van der Waals surface area contributed by atoms with Gasteiger partial charge in [0, 0.05) is 6.07 Å². The third kappa shape index (κ3) is 3.37. The Labute approximate surface area is 111 Å². The monoisotopic (exact) mass is 261 g/mol. The number of nitrogen functional groups attached to an aromatic ring is 1. The van der Waals surface area contributed by atoms with Crippen LogP contribution in [-0.2, 0) is 0 Å². The van der Waals surface area contributed by atoms with Gasteiger partial charge in [-0.1, -0.05) is 19.1 Å². The molecule has 0 amide bonds. The third-order valence-corrected chi connectivity index (χ3v) is 2.50. The maximum atomic E-state index is 13.0. The number of hydrogen-bond donors (Lipinski definition) is 1. The van der Waals surface area contributed by atoms with Gasteiger partial charge in [0.15, 0.2) is 17.2 Å². The molecule has 0 aliphatic rings. The van der Waals surface area contributed by atoms with Gasteiger partial charge in [0.25, 0.3) is 0 Å². The second-order valence-corrected chi connectivity index (χ2v) is 4.08. The highest BCUT2D eigenvalue weighted by Crippen LogP contribution is 2.34. The number of halogens is 1. The number of benzene rings is 2. The molecule has 0 atom stereocenters. The van der Waals surface area contributed by atoms with E-state index in [1.54, 1.807) is 6.07 Å². The van der Waals surface area contributed by atoms with Crippen LogP contribution in [-0.4, -0.2) is 6.61 Å². The second kappa shape index (κ2) is 6.09. The van der Waals surface area contributed by atoms with Crippen LogP contribution in [0.3, 0.4) is 0 Å². The average molecular weight is 261 g/mol. The Bertz CT molecular complexity index is 558. The summed E-state index contributed by atoms with van der Waals surface area (Å²) in [5.41, 5.74) is 5.97. The SMILES string of the molecule is CCCOc1ccccc1Oc1ccc(F)cc1N. The van der Waals surface area contributed by atoms with E-state index < -0.39 is 0 Å². The summed E-state index contributed by atoms with van der Waals surface area (Å²) in [7, 11) is 0. The summed E-state index contributed by atoms with van der Waals surface area (Å²) in [6.45, 7) is 2.64. The van der Waals surface area contributed by atoms with Crippen LogP contribution in [0.4, 0.5) is 10.1 Å². The predicted octanol–water partition coefficient (Wildman–Crippen LogP) is 3.99. The van der Waals surface area contributed by atoms with Gasteiger partial charge in [-0.05, 0) is 30.7 Å². The van der Waals surface area contributed by atoms with E-state index in [2.05, 4.69) is 0 Å². The van der Waals surface area contributed by atoms with Crippen LogP contribution >= 0.6 is 0 Å². The van der Waals surface area contributed by atoms with Crippen molar-refractivity contribution in [2.24, 2.45) is 0 Å². The van der Waals surface area contributed by atoms with Crippen molar-refractivity contribution >= 4 is 5.69 Å². The van der Waals surface area contributed by atoms with Gasteiger partial charge in [-0.25, -0.2) is 4.39 Å². The molecule has 2 aromatic carbocycles. The predicted molar refractivity (Wildman–Crippen MR) is 73.1 cm³/mol. The molecule has 0 bridgehead atoms. The molecule has 0 aliphatic carbocycles. The summed E-state index contributed by atoms with van der Waals surface area (Å²) < 4.78 is 24.2. The molecule has 0 saturated carbocycles. The van der Waals surface area contributed by atoms with Crippen molar-refractivity contribution in [2.45, 2.75) is 13.3 Å². The summed E-state index contributed by atoms with van der Waals surface area (Å²) in [6, 6.07) is 11.4. The first-order valence-corrected chi connectivity index (χ1v) is 6.15. The van der Waals surface area contributed by atoms with E-state index in [0.29, 0.717) is 23.9 Å². The summed E-state index contributed by atoms with van der Waals surface area (Å²) in [5, 5.41) is 0. The fourth-order valence-electron chi connectivity index (χ4n) is 1.60. The van der Waals surface area contributed by atoms with Crippen LogP contribution in [0.25, 0.3) is 0 Å². The highest BCUT2D eigenvalue weighted by molar-refractivity contribution is 5.55. The van der Waals surface area contributed by atoms with Crippen molar-refractivity contribution in [2.75, 3.05) is 12.3 Å². The van der Waals surface area contributed by atoms with Crippen molar-refractivity contribution in [1.29, 1.82) is 0 Å².